The Bertz CT molecular complexity index is 1420. The molecule has 164 valence electrons. The zero-order valence-electron chi connectivity index (χ0n) is 18.2. The van der Waals surface area contributed by atoms with Crippen LogP contribution in [0.3, 0.4) is 0 Å². The zero-order valence-corrected chi connectivity index (χ0v) is 19.0. The second-order valence-electron chi connectivity index (χ2n) is 7.81. The Hall–Kier alpha value is -3.45. The van der Waals surface area contributed by atoms with Gasteiger partial charge in [0.2, 0.25) is 15.0 Å². The van der Waals surface area contributed by atoms with Crippen molar-refractivity contribution in [2.24, 2.45) is 0 Å². The van der Waals surface area contributed by atoms with Crippen LogP contribution in [-0.4, -0.2) is 31.0 Å². The molecule has 4 rings (SSSR count). The summed E-state index contributed by atoms with van der Waals surface area (Å²) in [6.45, 7) is 4.40. The third kappa shape index (κ3) is 4.16. The van der Waals surface area contributed by atoms with E-state index in [1.54, 1.807) is 34.9 Å². The van der Waals surface area contributed by atoms with Crippen LogP contribution >= 0.6 is 0 Å². The molecule has 0 saturated carbocycles. The molecule has 7 heteroatoms. The molecule has 0 unspecified atom stereocenters. The van der Waals surface area contributed by atoms with Gasteiger partial charge in [0, 0.05) is 0 Å². The van der Waals surface area contributed by atoms with Crippen LogP contribution in [0.2, 0.25) is 0 Å². The van der Waals surface area contributed by atoms with E-state index in [4.69, 9.17) is 4.74 Å². The summed E-state index contributed by atoms with van der Waals surface area (Å²) in [5.41, 5.74) is 5.17. The Morgan fingerprint density at radius 3 is 2.47 bits per heavy atom. The van der Waals surface area contributed by atoms with E-state index in [1.807, 2.05) is 44.2 Å². The monoisotopic (exact) mass is 448 g/mol. The molecular formula is C25H24N2O4S. The number of hydrogen-bond donors (Lipinski definition) is 0. The van der Waals surface area contributed by atoms with Crippen molar-refractivity contribution in [3.63, 3.8) is 0 Å². The quantitative estimate of drug-likeness (QED) is 0.407. The van der Waals surface area contributed by atoms with Crippen LogP contribution in [0.25, 0.3) is 11.0 Å². The van der Waals surface area contributed by atoms with Crippen LogP contribution in [0, 0.1) is 13.8 Å². The zero-order chi connectivity index (χ0) is 22.9. The number of methoxy groups -OCH3 is 1. The van der Waals surface area contributed by atoms with Gasteiger partial charge in [-0.1, -0.05) is 54.1 Å². The molecule has 6 nitrogen and oxygen atoms in total. The van der Waals surface area contributed by atoms with Gasteiger partial charge in [-0.05, 0) is 48.7 Å². The maximum absolute atomic E-state index is 13.6. The number of fused-ring (bicyclic) bond motifs is 1. The van der Waals surface area contributed by atoms with Crippen LogP contribution in [0.5, 0.6) is 0 Å². The van der Waals surface area contributed by atoms with E-state index >= 15 is 0 Å². The number of carbonyl (C=O) groups excluding carboxylic acids is 1. The summed E-state index contributed by atoms with van der Waals surface area (Å²) in [4.78, 5) is 16.6. The van der Waals surface area contributed by atoms with E-state index in [0.29, 0.717) is 17.6 Å². The van der Waals surface area contributed by atoms with Crippen LogP contribution in [0.1, 0.15) is 32.6 Å². The number of nitrogens with zero attached hydrogens (tertiary/aromatic N) is 2. The van der Waals surface area contributed by atoms with Crippen LogP contribution in [-0.2, 0) is 26.9 Å². The van der Waals surface area contributed by atoms with Crippen molar-refractivity contribution in [2.45, 2.75) is 31.3 Å². The molecule has 0 saturated heterocycles. The fourth-order valence-corrected chi connectivity index (χ4v) is 5.34. The lowest BCUT2D eigenvalue weighted by atomic mass is 10.1. The van der Waals surface area contributed by atoms with E-state index in [9.17, 15) is 13.2 Å². The van der Waals surface area contributed by atoms with Crippen LogP contribution in [0.4, 0.5) is 0 Å². The lowest BCUT2D eigenvalue weighted by molar-refractivity contribution is 0.0600. The number of benzene rings is 3. The van der Waals surface area contributed by atoms with E-state index in [-0.39, 0.29) is 16.5 Å². The summed E-state index contributed by atoms with van der Waals surface area (Å²) >= 11 is 0. The molecule has 1 aromatic heterocycles. The Morgan fingerprint density at radius 1 is 0.969 bits per heavy atom. The largest absolute Gasteiger partial charge is 0.465 e. The lowest BCUT2D eigenvalue weighted by Crippen LogP contribution is -2.16. The first-order chi connectivity index (χ1) is 15.3. The number of aryl methyl sites for hydroxylation is 2. The lowest BCUT2D eigenvalue weighted by Gasteiger charge is -2.13. The maximum atomic E-state index is 13.6. The highest BCUT2D eigenvalue weighted by molar-refractivity contribution is 7.90. The number of para-hydroxylation sites is 2. The van der Waals surface area contributed by atoms with Gasteiger partial charge in [-0.25, -0.2) is 18.2 Å². The molecule has 0 bridgehead atoms. The Labute approximate surface area is 187 Å². The van der Waals surface area contributed by atoms with Crippen molar-refractivity contribution >= 4 is 26.8 Å². The minimum Gasteiger partial charge on any atom is -0.465 e. The molecule has 0 aliphatic rings. The number of rotatable bonds is 6. The molecule has 3 aromatic carbocycles. The molecule has 0 spiro atoms. The van der Waals surface area contributed by atoms with Gasteiger partial charge in [0.15, 0.2) is 0 Å². The minimum absolute atomic E-state index is 0.0146. The third-order valence-electron chi connectivity index (χ3n) is 5.50. The summed E-state index contributed by atoms with van der Waals surface area (Å²) in [6.07, 6.45) is 0. The van der Waals surface area contributed by atoms with Gasteiger partial charge in [0.1, 0.15) is 0 Å². The number of ether oxygens (including phenoxy) is 1. The number of sulfone groups is 1. The number of hydrogen-bond acceptors (Lipinski definition) is 5. The molecule has 1 heterocycles. The summed E-state index contributed by atoms with van der Waals surface area (Å²) in [5.74, 6) is -0.923. The summed E-state index contributed by atoms with van der Waals surface area (Å²) in [6, 6.07) is 20.1. The van der Waals surface area contributed by atoms with Crippen LogP contribution < -0.4 is 0 Å². The van der Waals surface area contributed by atoms with Crippen LogP contribution in [0.15, 0.2) is 71.9 Å². The molecule has 0 atom stereocenters. The normalized spacial score (nSPS) is 11.6. The Kier molecular flexibility index (Phi) is 5.84. The third-order valence-corrected chi connectivity index (χ3v) is 7.06. The number of imidazole rings is 1. The first-order valence-corrected chi connectivity index (χ1v) is 11.9. The average Bonchev–Trinajstić information content (AvgIpc) is 3.15. The van der Waals surface area contributed by atoms with Gasteiger partial charge in [0.25, 0.3) is 0 Å². The minimum atomic E-state index is -3.87. The fourth-order valence-electron chi connectivity index (χ4n) is 3.81. The number of aromatic nitrogens is 2. The highest BCUT2D eigenvalue weighted by Gasteiger charge is 2.26. The molecular weight excluding hydrogens is 424 g/mol. The SMILES string of the molecule is COC(=O)c1ccccc1CS(=O)(=O)c1nc2ccccc2n1Cc1cc(C)ccc1C. The van der Waals surface area contributed by atoms with Crippen molar-refractivity contribution in [2.75, 3.05) is 7.11 Å². The van der Waals surface area contributed by atoms with Gasteiger partial charge in [-0.3, -0.25) is 0 Å². The molecule has 4 aromatic rings. The van der Waals surface area contributed by atoms with Gasteiger partial charge < -0.3 is 9.30 Å². The summed E-state index contributed by atoms with van der Waals surface area (Å²) < 4.78 is 33.7. The molecule has 0 N–H and O–H groups in total. The van der Waals surface area contributed by atoms with Gasteiger partial charge in [-0.2, -0.15) is 0 Å². The van der Waals surface area contributed by atoms with Crippen molar-refractivity contribution in [3.05, 3.63) is 94.5 Å². The standard InChI is InChI=1S/C25H24N2O4S/c1-17-12-13-18(2)20(14-17)15-27-23-11-7-6-10-22(23)26-25(27)32(29,30)16-19-8-4-5-9-21(19)24(28)31-3/h4-14H,15-16H2,1-3H3. The maximum Gasteiger partial charge on any atom is 0.338 e. The van der Waals surface area contributed by atoms with Gasteiger partial charge in [-0.15, -0.1) is 0 Å². The summed E-state index contributed by atoms with van der Waals surface area (Å²) in [7, 11) is -2.59. The predicted octanol–water partition coefficient (Wildman–Crippen LogP) is 4.46. The van der Waals surface area contributed by atoms with E-state index in [1.165, 1.54) is 7.11 Å². The van der Waals surface area contributed by atoms with E-state index in [2.05, 4.69) is 11.1 Å². The molecule has 0 fully saturated rings. The van der Waals surface area contributed by atoms with E-state index in [0.717, 1.165) is 22.2 Å². The van der Waals surface area contributed by atoms with Crippen molar-refractivity contribution in [1.82, 2.24) is 9.55 Å². The molecule has 0 amide bonds. The topological polar surface area (TPSA) is 78.3 Å². The second-order valence-corrected chi connectivity index (χ2v) is 9.69. The smallest absolute Gasteiger partial charge is 0.338 e. The predicted molar refractivity (Wildman–Crippen MR) is 123 cm³/mol. The fraction of sp³-hybridized carbons (Fsp3) is 0.200. The highest BCUT2D eigenvalue weighted by atomic mass is 32.2. The molecule has 32 heavy (non-hydrogen) atoms. The average molecular weight is 449 g/mol. The molecule has 0 aliphatic heterocycles. The summed E-state index contributed by atoms with van der Waals surface area (Å²) in [5, 5.41) is -0.0146. The molecule has 0 radical (unpaired) electrons. The first kappa shape index (κ1) is 21.8. The van der Waals surface area contributed by atoms with Gasteiger partial charge in [0.05, 0.1) is 36.0 Å². The number of carbonyl (C=O) groups is 1. The van der Waals surface area contributed by atoms with E-state index < -0.39 is 15.8 Å². The molecule has 0 aliphatic carbocycles. The first-order valence-electron chi connectivity index (χ1n) is 10.2. The number of esters is 1. The van der Waals surface area contributed by atoms with Gasteiger partial charge >= 0.3 is 5.97 Å². The van der Waals surface area contributed by atoms with Crippen molar-refractivity contribution < 1.29 is 17.9 Å². The second kappa shape index (κ2) is 8.59. The van der Waals surface area contributed by atoms with Crippen molar-refractivity contribution in [1.29, 1.82) is 0 Å². The van der Waals surface area contributed by atoms with Crippen molar-refractivity contribution in [3.8, 4) is 0 Å². The Balaban J connectivity index is 1.83. The highest BCUT2D eigenvalue weighted by Crippen LogP contribution is 2.26. The Morgan fingerprint density at radius 2 is 1.69 bits per heavy atom.